The molecular formula is C27H30ClF3N2O6S. The third-order valence-electron chi connectivity index (χ3n) is 7.71. The Hall–Kier alpha value is -2.67. The zero-order valence-corrected chi connectivity index (χ0v) is 23.4. The van der Waals surface area contributed by atoms with E-state index in [1.165, 1.54) is 26.0 Å². The molecule has 2 fully saturated rings. The molecule has 2 amide bonds. The van der Waals surface area contributed by atoms with Gasteiger partial charge < -0.3 is 20.8 Å². The number of benzene rings is 2. The quantitative estimate of drug-likeness (QED) is 0.338. The molecule has 13 heteroatoms. The van der Waals surface area contributed by atoms with E-state index in [1.54, 1.807) is 0 Å². The Morgan fingerprint density at radius 3 is 2.20 bits per heavy atom. The Morgan fingerprint density at radius 1 is 1.07 bits per heavy atom. The minimum Gasteiger partial charge on any atom is -0.389 e. The van der Waals surface area contributed by atoms with Crippen LogP contribution in [0.1, 0.15) is 56.3 Å². The first-order valence-corrected chi connectivity index (χ1v) is 14.6. The summed E-state index contributed by atoms with van der Waals surface area (Å²) in [5.41, 5.74) is -3.04. The summed E-state index contributed by atoms with van der Waals surface area (Å²) in [6.07, 6.45) is 1.01. The average Bonchev–Trinajstić information content (AvgIpc) is 3.01. The van der Waals surface area contributed by atoms with Gasteiger partial charge in [-0.25, -0.2) is 21.6 Å². The second-order valence-electron chi connectivity index (χ2n) is 11.2. The molecule has 2 bridgehead atoms. The number of hydrogen-bond donors (Lipinski definition) is 4. The predicted octanol–water partition coefficient (Wildman–Crippen LogP) is 3.98. The highest BCUT2D eigenvalue weighted by Crippen LogP contribution is 2.53. The van der Waals surface area contributed by atoms with Crippen molar-refractivity contribution in [2.45, 2.75) is 67.3 Å². The number of halogens is 4. The van der Waals surface area contributed by atoms with Crippen LogP contribution in [0.2, 0.25) is 5.02 Å². The normalized spacial score (nSPS) is 24.6. The molecule has 8 nitrogen and oxygen atoms in total. The first-order valence-electron chi connectivity index (χ1n) is 12.7. The van der Waals surface area contributed by atoms with E-state index in [1.807, 2.05) is 0 Å². The maximum atomic E-state index is 13.7. The summed E-state index contributed by atoms with van der Waals surface area (Å²) in [6, 6.07) is 4.70. The molecule has 40 heavy (non-hydrogen) atoms. The Kier molecular flexibility index (Phi) is 8.30. The lowest BCUT2D eigenvalue weighted by molar-refractivity contribution is -0.133. The first kappa shape index (κ1) is 30.3. The molecule has 0 heterocycles. The zero-order chi connectivity index (χ0) is 29.6. The molecule has 2 saturated carbocycles. The van der Waals surface area contributed by atoms with Gasteiger partial charge in [0, 0.05) is 29.9 Å². The molecule has 0 aliphatic heterocycles. The van der Waals surface area contributed by atoms with Gasteiger partial charge in [0.25, 0.3) is 5.91 Å². The number of carbonyl (C=O) groups is 2. The van der Waals surface area contributed by atoms with E-state index in [0.29, 0.717) is 25.0 Å². The summed E-state index contributed by atoms with van der Waals surface area (Å²) in [5, 5.41) is 25.0. The number of fused-ring (bicyclic) bond motifs is 2. The zero-order valence-electron chi connectivity index (χ0n) is 21.8. The molecule has 2 aliphatic carbocycles. The van der Waals surface area contributed by atoms with Crippen molar-refractivity contribution < 1.29 is 41.4 Å². The first-order chi connectivity index (χ1) is 18.5. The van der Waals surface area contributed by atoms with E-state index in [0.717, 1.165) is 6.07 Å². The lowest BCUT2D eigenvalue weighted by atomic mass is 9.72. The molecule has 0 radical (unpaired) electrons. The lowest BCUT2D eigenvalue weighted by Gasteiger charge is -2.42. The van der Waals surface area contributed by atoms with Crippen molar-refractivity contribution >= 4 is 38.9 Å². The summed E-state index contributed by atoms with van der Waals surface area (Å²) in [7, 11) is -4.10. The molecule has 4 N–H and O–H groups in total. The van der Waals surface area contributed by atoms with Crippen LogP contribution in [0.5, 0.6) is 0 Å². The molecule has 2 aliphatic rings. The number of carbonyl (C=O) groups excluding carboxylic acids is 2. The third kappa shape index (κ3) is 6.14. The second-order valence-corrected chi connectivity index (χ2v) is 13.8. The number of sulfone groups is 1. The molecule has 0 saturated heterocycles. The molecule has 4 rings (SSSR count). The largest absolute Gasteiger partial charge is 0.389 e. The highest BCUT2D eigenvalue weighted by molar-refractivity contribution is 7.92. The van der Waals surface area contributed by atoms with Gasteiger partial charge in [-0.15, -0.1) is 0 Å². The van der Waals surface area contributed by atoms with E-state index >= 15 is 0 Å². The number of amides is 2. The van der Waals surface area contributed by atoms with E-state index in [9.17, 15) is 41.4 Å². The van der Waals surface area contributed by atoms with Crippen molar-refractivity contribution in [2.75, 3.05) is 11.9 Å². The molecule has 0 aromatic heterocycles. The molecule has 2 unspecified atom stereocenters. The highest BCUT2D eigenvalue weighted by atomic mass is 35.5. The Bertz CT molecular complexity index is 1410. The minimum atomic E-state index is -4.10. The fourth-order valence-corrected chi connectivity index (χ4v) is 8.06. The van der Waals surface area contributed by atoms with Crippen molar-refractivity contribution in [1.82, 2.24) is 5.32 Å². The van der Waals surface area contributed by atoms with Crippen LogP contribution in [-0.2, 0) is 14.6 Å². The molecular weight excluding hydrogens is 573 g/mol. The maximum absolute atomic E-state index is 13.7. The van der Waals surface area contributed by atoms with Gasteiger partial charge in [-0.05, 0) is 69.6 Å². The maximum Gasteiger partial charge on any atom is 0.255 e. The van der Waals surface area contributed by atoms with Gasteiger partial charge in [0.2, 0.25) is 5.91 Å². The number of aliphatic hydroxyl groups is 2. The third-order valence-corrected chi connectivity index (χ3v) is 10.4. The van der Waals surface area contributed by atoms with Crippen molar-refractivity contribution in [3.8, 4) is 0 Å². The SMILES string of the molecule is CC(C)(O)CNC(=O)C[C@]1(O)C2CCC1C[C@@H](S(=O)(=O)c1cc(C(=O)Nc3cc(F)c(F)c(F)c3)ccc1Cl)C2. The molecule has 0 spiro atoms. The van der Waals surface area contributed by atoms with Gasteiger partial charge in [-0.2, -0.15) is 0 Å². The van der Waals surface area contributed by atoms with Crippen LogP contribution < -0.4 is 10.6 Å². The predicted molar refractivity (Wildman–Crippen MR) is 141 cm³/mol. The monoisotopic (exact) mass is 602 g/mol. The summed E-state index contributed by atoms with van der Waals surface area (Å²) < 4.78 is 67.7. The lowest BCUT2D eigenvalue weighted by Crippen LogP contribution is -2.51. The minimum absolute atomic E-state index is 0.00169. The van der Waals surface area contributed by atoms with E-state index in [2.05, 4.69) is 10.6 Å². The van der Waals surface area contributed by atoms with Crippen molar-refractivity contribution in [2.24, 2.45) is 11.8 Å². The van der Waals surface area contributed by atoms with Crippen LogP contribution in [0.4, 0.5) is 18.9 Å². The second kappa shape index (κ2) is 11.0. The van der Waals surface area contributed by atoms with E-state index in [-0.39, 0.29) is 47.0 Å². The Balaban J connectivity index is 1.51. The average molecular weight is 603 g/mol. The van der Waals surface area contributed by atoms with Gasteiger partial charge in [0.15, 0.2) is 27.3 Å². The summed E-state index contributed by atoms with van der Waals surface area (Å²) in [5.74, 6) is -6.97. The van der Waals surface area contributed by atoms with Crippen LogP contribution in [0.15, 0.2) is 35.2 Å². The van der Waals surface area contributed by atoms with Crippen LogP contribution in [0, 0.1) is 29.3 Å². The van der Waals surface area contributed by atoms with Crippen LogP contribution in [0.3, 0.4) is 0 Å². The van der Waals surface area contributed by atoms with Gasteiger partial charge in [-0.1, -0.05) is 11.6 Å². The van der Waals surface area contributed by atoms with Crippen molar-refractivity contribution in [3.63, 3.8) is 0 Å². The molecule has 218 valence electrons. The standard InChI is InChI=1S/C27H30ClF3N2O6S/c1-26(2,36)13-32-23(34)12-27(37)15-4-5-16(27)9-18(8-15)40(38,39)22-7-14(3-6-19(22)28)25(35)33-17-10-20(29)24(31)21(30)11-17/h3,6-7,10-11,15-16,18,36-37H,4-5,8-9,12-13H2,1-2H3,(H,32,34)(H,33,35)/t15?,16?,18-,27-. The Labute approximate surface area is 234 Å². The number of anilines is 1. The number of hydrogen-bond acceptors (Lipinski definition) is 6. The van der Waals surface area contributed by atoms with Crippen LogP contribution >= 0.6 is 11.6 Å². The fourth-order valence-electron chi connectivity index (χ4n) is 5.66. The van der Waals surface area contributed by atoms with E-state index < -0.39 is 67.4 Å². The van der Waals surface area contributed by atoms with E-state index in [4.69, 9.17) is 11.6 Å². The van der Waals surface area contributed by atoms with Crippen molar-refractivity contribution in [3.05, 3.63) is 58.4 Å². The molecule has 2 aromatic rings. The van der Waals surface area contributed by atoms with Gasteiger partial charge >= 0.3 is 0 Å². The van der Waals surface area contributed by atoms with Crippen molar-refractivity contribution in [1.29, 1.82) is 0 Å². The number of nitrogens with one attached hydrogen (secondary N) is 2. The topological polar surface area (TPSA) is 133 Å². The van der Waals surface area contributed by atoms with Crippen LogP contribution in [0.25, 0.3) is 0 Å². The summed E-state index contributed by atoms with van der Waals surface area (Å²) in [4.78, 5) is 24.9. The van der Waals surface area contributed by atoms with Gasteiger partial charge in [-0.3, -0.25) is 9.59 Å². The smallest absolute Gasteiger partial charge is 0.255 e. The fraction of sp³-hybridized carbons (Fsp3) is 0.481. The summed E-state index contributed by atoms with van der Waals surface area (Å²) in [6.45, 7) is 3.07. The number of rotatable bonds is 8. The highest BCUT2D eigenvalue weighted by Gasteiger charge is 2.56. The Morgan fingerprint density at radius 2 is 1.65 bits per heavy atom. The van der Waals surface area contributed by atoms with Gasteiger partial charge in [0.1, 0.15) is 0 Å². The van der Waals surface area contributed by atoms with Gasteiger partial charge in [0.05, 0.1) is 32.8 Å². The molecule has 2 atom stereocenters. The summed E-state index contributed by atoms with van der Waals surface area (Å²) >= 11 is 6.23. The van der Waals surface area contributed by atoms with Crippen LogP contribution in [-0.4, -0.2) is 53.4 Å². The molecule has 2 aromatic carbocycles.